The third-order valence-electron chi connectivity index (χ3n) is 3.57. The third kappa shape index (κ3) is 5.88. The van der Waals surface area contributed by atoms with Gasteiger partial charge in [0.1, 0.15) is 0 Å². The molecule has 0 saturated heterocycles. The van der Waals surface area contributed by atoms with Gasteiger partial charge in [0.25, 0.3) is 0 Å². The maximum Gasteiger partial charge on any atom is 0.220 e. The number of benzene rings is 1. The van der Waals surface area contributed by atoms with Gasteiger partial charge >= 0.3 is 0 Å². The van der Waals surface area contributed by atoms with Crippen LogP contribution in [0.3, 0.4) is 0 Å². The van der Waals surface area contributed by atoms with E-state index in [1.54, 1.807) is 0 Å². The van der Waals surface area contributed by atoms with E-state index in [4.69, 9.17) is 4.74 Å². The third-order valence-corrected chi connectivity index (χ3v) is 3.57. The summed E-state index contributed by atoms with van der Waals surface area (Å²) in [4.78, 5) is 12.2. The van der Waals surface area contributed by atoms with Crippen LogP contribution in [0.4, 0.5) is 0 Å². The number of aryl methyl sites for hydroxylation is 1. The second-order valence-corrected chi connectivity index (χ2v) is 6.52. The normalized spacial score (nSPS) is 13.0. The van der Waals surface area contributed by atoms with Crippen LogP contribution in [0.1, 0.15) is 57.7 Å². The lowest BCUT2D eigenvalue weighted by Gasteiger charge is -2.33. The molecule has 1 aromatic rings. The Morgan fingerprint density at radius 3 is 2.52 bits per heavy atom. The average molecular weight is 291 g/mol. The lowest BCUT2D eigenvalue weighted by molar-refractivity contribution is -0.123. The van der Waals surface area contributed by atoms with Crippen LogP contribution >= 0.6 is 0 Å². The summed E-state index contributed by atoms with van der Waals surface area (Å²) in [7, 11) is 0. The molecule has 0 fully saturated rings. The Bertz CT molecular complexity index is 449. The van der Waals surface area contributed by atoms with Crippen LogP contribution in [0.2, 0.25) is 0 Å². The van der Waals surface area contributed by atoms with Crippen molar-refractivity contribution in [2.24, 2.45) is 5.41 Å². The van der Waals surface area contributed by atoms with E-state index in [-0.39, 0.29) is 17.4 Å². The lowest BCUT2D eigenvalue weighted by atomic mass is 9.80. The first-order valence-corrected chi connectivity index (χ1v) is 7.79. The monoisotopic (exact) mass is 291 g/mol. The van der Waals surface area contributed by atoms with Crippen molar-refractivity contribution in [3.8, 4) is 0 Å². The van der Waals surface area contributed by atoms with Gasteiger partial charge in [-0.05, 0) is 36.8 Å². The summed E-state index contributed by atoms with van der Waals surface area (Å²) >= 11 is 0. The zero-order valence-corrected chi connectivity index (χ0v) is 14.0. The van der Waals surface area contributed by atoms with Gasteiger partial charge in [-0.2, -0.15) is 0 Å². The Kier molecular flexibility index (Phi) is 6.90. The SMILES string of the molecule is CCOCCCC(=O)N[C@H](c1ccccc1C)C(C)(C)C. The van der Waals surface area contributed by atoms with Crippen LogP contribution in [0, 0.1) is 12.3 Å². The van der Waals surface area contributed by atoms with Gasteiger partial charge < -0.3 is 10.1 Å². The van der Waals surface area contributed by atoms with E-state index in [1.165, 1.54) is 11.1 Å². The maximum absolute atomic E-state index is 12.2. The number of rotatable bonds is 7. The predicted octanol–water partition coefficient (Wildman–Crippen LogP) is 4.02. The number of hydrogen-bond donors (Lipinski definition) is 1. The Hall–Kier alpha value is -1.35. The van der Waals surface area contributed by atoms with Gasteiger partial charge in [-0.15, -0.1) is 0 Å². The van der Waals surface area contributed by atoms with E-state index in [2.05, 4.69) is 45.1 Å². The Morgan fingerprint density at radius 1 is 1.29 bits per heavy atom. The van der Waals surface area contributed by atoms with Crippen LogP contribution in [-0.4, -0.2) is 19.1 Å². The number of nitrogens with one attached hydrogen (secondary N) is 1. The van der Waals surface area contributed by atoms with Gasteiger partial charge in [0, 0.05) is 19.6 Å². The van der Waals surface area contributed by atoms with Crippen molar-refractivity contribution in [3.05, 3.63) is 35.4 Å². The molecule has 0 aliphatic heterocycles. The number of carbonyl (C=O) groups is 1. The molecule has 0 aliphatic rings. The summed E-state index contributed by atoms with van der Waals surface area (Å²) < 4.78 is 5.28. The van der Waals surface area contributed by atoms with Crippen molar-refractivity contribution in [1.29, 1.82) is 0 Å². The van der Waals surface area contributed by atoms with Gasteiger partial charge in [-0.1, -0.05) is 45.0 Å². The zero-order chi connectivity index (χ0) is 15.9. The highest BCUT2D eigenvalue weighted by Gasteiger charge is 2.28. The second-order valence-electron chi connectivity index (χ2n) is 6.52. The zero-order valence-electron chi connectivity index (χ0n) is 14.0. The van der Waals surface area contributed by atoms with Crippen molar-refractivity contribution in [2.45, 2.75) is 53.5 Å². The van der Waals surface area contributed by atoms with Gasteiger partial charge in [0.15, 0.2) is 0 Å². The molecule has 0 aromatic heterocycles. The first-order chi connectivity index (χ1) is 9.86. The van der Waals surface area contributed by atoms with Crippen molar-refractivity contribution < 1.29 is 9.53 Å². The standard InChI is InChI=1S/C18H29NO2/c1-6-21-13-9-12-16(20)19-17(18(3,4)5)15-11-8-7-10-14(15)2/h7-8,10-11,17H,6,9,12-13H2,1-5H3,(H,19,20)/t17-/m1/s1. The van der Waals surface area contributed by atoms with E-state index in [9.17, 15) is 4.79 Å². The molecule has 3 nitrogen and oxygen atoms in total. The van der Waals surface area contributed by atoms with E-state index in [0.29, 0.717) is 19.6 Å². The molecule has 0 saturated carbocycles. The quantitative estimate of drug-likeness (QED) is 0.771. The molecule has 0 heterocycles. The van der Waals surface area contributed by atoms with Gasteiger partial charge in [0.05, 0.1) is 6.04 Å². The average Bonchev–Trinajstić information content (AvgIpc) is 2.41. The Labute approximate surface area is 129 Å². The number of hydrogen-bond acceptors (Lipinski definition) is 2. The van der Waals surface area contributed by atoms with E-state index in [0.717, 1.165) is 6.42 Å². The van der Waals surface area contributed by atoms with Crippen LogP contribution < -0.4 is 5.32 Å². The summed E-state index contributed by atoms with van der Waals surface area (Å²) in [6, 6.07) is 8.28. The maximum atomic E-state index is 12.2. The van der Waals surface area contributed by atoms with Crippen molar-refractivity contribution in [2.75, 3.05) is 13.2 Å². The predicted molar refractivity (Wildman–Crippen MR) is 87.2 cm³/mol. The molecule has 0 radical (unpaired) electrons. The molecular weight excluding hydrogens is 262 g/mol. The fourth-order valence-electron chi connectivity index (χ4n) is 2.38. The molecule has 1 aromatic carbocycles. The van der Waals surface area contributed by atoms with E-state index in [1.807, 2.05) is 19.1 Å². The Morgan fingerprint density at radius 2 is 1.95 bits per heavy atom. The summed E-state index contributed by atoms with van der Waals surface area (Å²) in [6.07, 6.45) is 1.28. The number of ether oxygens (including phenoxy) is 1. The van der Waals surface area contributed by atoms with Gasteiger partial charge in [-0.3, -0.25) is 4.79 Å². The molecule has 1 amide bonds. The molecule has 0 unspecified atom stereocenters. The summed E-state index contributed by atoms with van der Waals surface area (Å²) in [6.45, 7) is 11.9. The largest absolute Gasteiger partial charge is 0.382 e. The summed E-state index contributed by atoms with van der Waals surface area (Å²) in [5, 5.41) is 3.20. The summed E-state index contributed by atoms with van der Waals surface area (Å²) in [5.41, 5.74) is 2.39. The fraction of sp³-hybridized carbons (Fsp3) is 0.611. The van der Waals surface area contributed by atoms with Crippen molar-refractivity contribution >= 4 is 5.91 Å². The van der Waals surface area contributed by atoms with E-state index < -0.39 is 0 Å². The molecule has 0 aliphatic carbocycles. The van der Waals surface area contributed by atoms with Crippen LogP contribution in [0.5, 0.6) is 0 Å². The van der Waals surface area contributed by atoms with Gasteiger partial charge in [-0.25, -0.2) is 0 Å². The minimum Gasteiger partial charge on any atom is -0.382 e. The molecule has 21 heavy (non-hydrogen) atoms. The minimum atomic E-state index is -0.0261. The highest BCUT2D eigenvalue weighted by atomic mass is 16.5. The number of amides is 1. The molecule has 1 atom stereocenters. The van der Waals surface area contributed by atoms with Crippen LogP contribution in [0.25, 0.3) is 0 Å². The highest BCUT2D eigenvalue weighted by molar-refractivity contribution is 5.76. The molecule has 0 bridgehead atoms. The fourth-order valence-corrected chi connectivity index (χ4v) is 2.38. The number of carbonyl (C=O) groups excluding carboxylic acids is 1. The molecule has 0 spiro atoms. The first-order valence-electron chi connectivity index (χ1n) is 7.79. The van der Waals surface area contributed by atoms with Crippen LogP contribution in [0.15, 0.2) is 24.3 Å². The topological polar surface area (TPSA) is 38.3 Å². The molecule has 1 N–H and O–H groups in total. The molecule has 3 heteroatoms. The van der Waals surface area contributed by atoms with Crippen LogP contribution in [-0.2, 0) is 9.53 Å². The summed E-state index contributed by atoms with van der Waals surface area (Å²) in [5.74, 6) is 0.0953. The lowest BCUT2D eigenvalue weighted by Crippen LogP contribution is -2.37. The van der Waals surface area contributed by atoms with Crippen molar-refractivity contribution in [1.82, 2.24) is 5.32 Å². The van der Waals surface area contributed by atoms with Crippen molar-refractivity contribution in [3.63, 3.8) is 0 Å². The second kappa shape index (κ2) is 8.18. The first kappa shape index (κ1) is 17.7. The van der Waals surface area contributed by atoms with Gasteiger partial charge in [0.2, 0.25) is 5.91 Å². The smallest absolute Gasteiger partial charge is 0.220 e. The highest BCUT2D eigenvalue weighted by Crippen LogP contribution is 2.34. The van der Waals surface area contributed by atoms with E-state index >= 15 is 0 Å². The molecular formula is C18H29NO2. The minimum absolute atomic E-state index is 0.0261. The molecule has 118 valence electrons. The Balaban J connectivity index is 2.73. The molecule has 1 rings (SSSR count).